The Hall–Kier alpha value is -2.40. The van der Waals surface area contributed by atoms with Crippen molar-refractivity contribution in [2.75, 3.05) is 7.11 Å². The largest absolute Gasteiger partial charge is 0.497 e. The van der Waals surface area contributed by atoms with Crippen LogP contribution >= 0.6 is 12.2 Å². The summed E-state index contributed by atoms with van der Waals surface area (Å²) < 4.78 is 5.19. The van der Waals surface area contributed by atoms with Crippen LogP contribution in [0.2, 0.25) is 0 Å². The van der Waals surface area contributed by atoms with Crippen LogP contribution in [0, 0.1) is 0 Å². The Morgan fingerprint density at radius 2 is 1.86 bits per heavy atom. The Kier molecular flexibility index (Phi) is 4.06. The zero-order valence-electron chi connectivity index (χ0n) is 12.3. The highest BCUT2D eigenvalue weighted by Gasteiger charge is 2.30. The summed E-state index contributed by atoms with van der Waals surface area (Å²) in [7, 11) is 1.65. The number of hydrogen-bond acceptors (Lipinski definition) is 3. The molecule has 0 bridgehead atoms. The Balaban J connectivity index is 1.90. The van der Waals surface area contributed by atoms with Crippen LogP contribution in [0.4, 0.5) is 0 Å². The fourth-order valence-electron chi connectivity index (χ4n) is 2.61. The van der Waals surface area contributed by atoms with Gasteiger partial charge in [0.25, 0.3) is 0 Å². The zero-order valence-corrected chi connectivity index (χ0v) is 13.1. The number of ether oxygens (including phenoxy) is 1. The normalized spacial score (nSPS) is 17.2. The molecule has 0 aliphatic carbocycles. The number of thiocarbonyl (C=S) groups is 1. The minimum absolute atomic E-state index is 0.0517. The van der Waals surface area contributed by atoms with Crippen LogP contribution in [0.25, 0.3) is 0 Å². The molecule has 2 aromatic carbocycles. The highest BCUT2D eigenvalue weighted by atomic mass is 32.1. The molecule has 2 aromatic rings. The fourth-order valence-corrected chi connectivity index (χ4v) is 2.77. The van der Waals surface area contributed by atoms with Gasteiger partial charge in [-0.1, -0.05) is 30.3 Å². The van der Waals surface area contributed by atoms with Crippen molar-refractivity contribution in [2.24, 2.45) is 10.8 Å². The maximum Gasteiger partial charge on any atom is 0.187 e. The van der Waals surface area contributed by atoms with Gasteiger partial charge in [-0.2, -0.15) is 5.10 Å². The zero-order chi connectivity index (χ0) is 15.5. The third-order valence-corrected chi connectivity index (χ3v) is 3.93. The third-order valence-electron chi connectivity index (χ3n) is 3.74. The van der Waals surface area contributed by atoms with E-state index in [0.29, 0.717) is 0 Å². The number of rotatable bonds is 3. The number of nitrogens with two attached hydrogens (primary N) is 1. The standard InChI is InChI=1S/C17H17N3OS/c1-21-14-9-7-12(8-10-14)15-11-16(20(19-15)17(18)22)13-5-3-2-4-6-13/h2-10,16H,11H2,1H3,(H2,18,22)/t16-/m0/s1. The Morgan fingerprint density at radius 1 is 1.18 bits per heavy atom. The average Bonchev–Trinajstić information content (AvgIpc) is 3.01. The first kappa shape index (κ1) is 14.5. The molecule has 4 nitrogen and oxygen atoms in total. The Labute approximate surface area is 135 Å². The van der Waals surface area contributed by atoms with E-state index < -0.39 is 0 Å². The Bertz CT molecular complexity index is 698. The summed E-state index contributed by atoms with van der Waals surface area (Å²) in [5.41, 5.74) is 9.03. The summed E-state index contributed by atoms with van der Waals surface area (Å²) in [6.07, 6.45) is 0.772. The number of methoxy groups -OCH3 is 1. The van der Waals surface area contributed by atoms with Gasteiger partial charge in [-0.25, -0.2) is 5.01 Å². The lowest BCUT2D eigenvalue weighted by molar-refractivity contribution is 0.373. The molecule has 5 heteroatoms. The molecule has 0 spiro atoms. The van der Waals surface area contributed by atoms with E-state index in [2.05, 4.69) is 17.2 Å². The van der Waals surface area contributed by atoms with Crippen molar-refractivity contribution in [3.63, 3.8) is 0 Å². The van der Waals surface area contributed by atoms with E-state index in [1.807, 2.05) is 42.5 Å². The molecule has 1 atom stereocenters. The van der Waals surface area contributed by atoms with Crippen LogP contribution in [0.1, 0.15) is 23.6 Å². The van der Waals surface area contributed by atoms with E-state index in [9.17, 15) is 0 Å². The molecule has 0 radical (unpaired) electrons. The highest BCUT2D eigenvalue weighted by Crippen LogP contribution is 2.32. The van der Waals surface area contributed by atoms with Gasteiger partial charge < -0.3 is 10.5 Å². The lowest BCUT2D eigenvalue weighted by atomic mass is 9.98. The molecule has 2 N–H and O–H groups in total. The van der Waals surface area contributed by atoms with Crippen LogP contribution in [0.5, 0.6) is 5.75 Å². The molecule has 1 heterocycles. The van der Waals surface area contributed by atoms with E-state index >= 15 is 0 Å². The smallest absolute Gasteiger partial charge is 0.187 e. The van der Waals surface area contributed by atoms with Crippen molar-refractivity contribution in [1.29, 1.82) is 0 Å². The van der Waals surface area contributed by atoms with E-state index in [0.717, 1.165) is 29.0 Å². The Morgan fingerprint density at radius 3 is 2.45 bits per heavy atom. The summed E-state index contributed by atoms with van der Waals surface area (Å²) >= 11 is 5.15. The molecular weight excluding hydrogens is 294 g/mol. The second-order valence-corrected chi connectivity index (χ2v) is 5.51. The molecule has 0 amide bonds. The topological polar surface area (TPSA) is 50.8 Å². The third kappa shape index (κ3) is 2.80. The van der Waals surface area contributed by atoms with Gasteiger partial charge in [0.1, 0.15) is 5.75 Å². The summed E-state index contributed by atoms with van der Waals surface area (Å²) in [5, 5.41) is 6.63. The van der Waals surface area contributed by atoms with Crippen molar-refractivity contribution in [3.8, 4) is 5.75 Å². The fraction of sp³-hybridized carbons (Fsp3) is 0.176. The minimum atomic E-state index is 0.0517. The van der Waals surface area contributed by atoms with Gasteiger partial charge in [0.2, 0.25) is 0 Å². The molecule has 0 saturated heterocycles. The molecule has 1 aliphatic heterocycles. The summed E-state index contributed by atoms with van der Waals surface area (Å²) in [6, 6.07) is 18.1. The summed E-state index contributed by atoms with van der Waals surface area (Å²) in [5.74, 6) is 0.827. The molecule has 22 heavy (non-hydrogen) atoms. The van der Waals surface area contributed by atoms with Crippen molar-refractivity contribution >= 4 is 23.0 Å². The van der Waals surface area contributed by atoms with Gasteiger partial charge in [0.05, 0.1) is 18.9 Å². The molecule has 0 saturated carbocycles. The maximum atomic E-state index is 5.84. The number of hydrazone groups is 1. The first-order valence-corrected chi connectivity index (χ1v) is 7.45. The second kappa shape index (κ2) is 6.15. The monoisotopic (exact) mass is 311 g/mol. The summed E-state index contributed by atoms with van der Waals surface area (Å²) in [4.78, 5) is 0. The van der Waals surface area contributed by atoms with Crippen molar-refractivity contribution in [3.05, 3.63) is 65.7 Å². The predicted molar refractivity (Wildman–Crippen MR) is 92.0 cm³/mol. The van der Waals surface area contributed by atoms with Crippen LogP contribution in [0.3, 0.4) is 0 Å². The lowest BCUT2D eigenvalue weighted by Crippen LogP contribution is -2.31. The van der Waals surface area contributed by atoms with Gasteiger partial charge in [-0.05, 0) is 47.6 Å². The lowest BCUT2D eigenvalue weighted by Gasteiger charge is -2.21. The molecule has 0 fully saturated rings. The number of hydrogen-bond donors (Lipinski definition) is 1. The number of nitrogens with zero attached hydrogens (tertiary/aromatic N) is 2. The second-order valence-electron chi connectivity index (χ2n) is 5.09. The van der Waals surface area contributed by atoms with Crippen LogP contribution in [0.15, 0.2) is 59.7 Å². The SMILES string of the molecule is COc1ccc(C2=NN(C(N)=S)[C@H](c3ccccc3)C2)cc1. The van der Waals surface area contributed by atoms with Crippen LogP contribution < -0.4 is 10.5 Å². The minimum Gasteiger partial charge on any atom is -0.497 e. The molecule has 1 aliphatic rings. The highest BCUT2D eigenvalue weighted by molar-refractivity contribution is 7.80. The first-order chi connectivity index (χ1) is 10.7. The molecule has 112 valence electrons. The maximum absolute atomic E-state index is 5.84. The van der Waals surface area contributed by atoms with Crippen molar-refractivity contribution in [1.82, 2.24) is 5.01 Å². The van der Waals surface area contributed by atoms with E-state index in [1.165, 1.54) is 0 Å². The average molecular weight is 311 g/mol. The quantitative estimate of drug-likeness (QED) is 0.885. The molecule has 0 aromatic heterocycles. The van der Waals surface area contributed by atoms with Gasteiger partial charge >= 0.3 is 0 Å². The first-order valence-electron chi connectivity index (χ1n) is 7.04. The number of benzene rings is 2. The van der Waals surface area contributed by atoms with E-state index in [4.69, 9.17) is 22.7 Å². The molecule has 0 unspecified atom stereocenters. The van der Waals surface area contributed by atoms with Crippen molar-refractivity contribution in [2.45, 2.75) is 12.5 Å². The molecular formula is C17H17N3OS. The van der Waals surface area contributed by atoms with E-state index in [-0.39, 0.29) is 11.2 Å². The van der Waals surface area contributed by atoms with Gasteiger partial charge in [0.15, 0.2) is 5.11 Å². The van der Waals surface area contributed by atoms with Crippen molar-refractivity contribution < 1.29 is 4.74 Å². The van der Waals surface area contributed by atoms with Gasteiger partial charge in [-0.3, -0.25) is 0 Å². The predicted octanol–water partition coefficient (Wildman–Crippen LogP) is 3.09. The summed E-state index contributed by atoms with van der Waals surface area (Å²) in [6.45, 7) is 0. The van der Waals surface area contributed by atoms with Crippen LogP contribution in [-0.2, 0) is 0 Å². The van der Waals surface area contributed by atoms with Gasteiger partial charge in [-0.15, -0.1) is 0 Å². The molecule has 3 rings (SSSR count). The van der Waals surface area contributed by atoms with Crippen LogP contribution in [-0.4, -0.2) is 22.9 Å². The van der Waals surface area contributed by atoms with Gasteiger partial charge in [0, 0.05) is 6.42 Å². The van der Waals surface area contributed by atoms with E-state index in [1.54, 1.807) is 12.1 Å².